The molecule has 4 aromatic rings. The molecule has 0 aliphatic rings. The second kappa shape index (κ2) is 37.9. The molecule has 78 heavy (non-hydrogen) atoms. The number of hydrogen-bond donors (Lipinski definition) is 0. The van der Waals surface area contributed by atoms with Crippen LogP contribution in [0.2, 0.25) is 0 Å². The van der Waals surface area contributed by atoms with Crippen molar-refractivity contribution in [1.29, 1.82) is 0 Å². The van der Waals surface area contributed by atoms with Gasteiger partial charge in [-0.25, -0.2) is 0 Å². The van der Waals surface area contributed by atoms with E-state index in [-0.39, 0.29) is 73.0 Å². The topological polar surface area (TPSA) is 213 Å². The van der Waals surface area contributed by atoms with Crippen LogP contribution in [-0.4, -0.2) is 115 Å². The fraction of sp³-hybridized carbons (Fsp3) is 0.600. The van der Waals surface area contributed by atoms with E-state index in [0.29, 0.717) is 150 Å². The zero-order valence-electron chi connectivity index (χ0n) is 47.0. The molecule has 0 fully saturated rings. The van der Waals surface area contributed by atoms with Crippen molar-refractivity contribution in [2.24, 2.45) is 0 Å². The Hall–Kier alpha value is -5.76. The van der Waals surface area contributed by atoms with Gasteiger partial charge in [0.25, 0.3) is 0 Å². The lowest BCUT2D eigenvalue weighted by atomic mass is 9.93. The van der Waals surface area contributed by atoms with Crippen LogP contribution in [0.15, 0.2) is 36.4 Å². The lowest BCUT2D eigenvalue weighted by Crippen LogP contribution is -2.14. The summed E-state index contributed by atoms with van der Waals surface area (Å²) in [7, 11) is 0. The van der Waals surface area contributed by atoms with E-state index in [1.54, 1.807) is 36.4 Å². The van der Waals surface area contributed by atoms with Crippen molar-refractivity contribution in [2.45, 2.75) is 157 Å². The van der Waals surface area contributed by atoms with Crippen LogP contribution in [0.1, 0.15) is 157 Å². The minimum atomic E-state index is -0.616. The van der Waals surface area contributed by atoms with Crippen LogP contribution in [0, 0.1) is 0 Å². The molecule has 0 saturated heterocycles. The molecular weight excluding hydrogens is 1010 g/mol. The molecule has 432 valence electrons. The molecule has 0 amide bonds. The van der Waals surface area contributed by atoms with Gasteiger partial charge in [0.05, 0.1) is 0 Å². The molecule has 0 aliphatic carbocycles. The molecule has 18 heteroatoms. The van der Waals surface area contributed by atoms with Crippen LogP contribution in [0.4, 0.5) is 0 Å². The second-order valence-electron chi connectivity index (χ2n) is 18.7. The number of benzene rings is 4. The highest BCUT2D eigenvalue weighted by molar-refractivity contribution is 6.27. The van der Waals surface area contributed by atoms with Crippen molar-refractivity contribution in [2.75, 3.05) is 79.3 Å². The molecule has 0 saturated carbocycles. The van der Waals surface area contributed by atoms with Crippen LogP contribution in [0.5, 0.6) is 34.5 Å². The smallest absolute Gasteiger partial charge is 0.311 e. The van der Waals surface area contributed by atoms with E-state index >= 15 is 0 Å². The number of carbonyl (C=O) groups is 6. The van der Waals surface area contributed by atoms with Gasteiger partial charge in [-0.1, -0.05) is 41.5 Å². The summed E-state index contributed by atoms with van der Waals surface area (Å²) >= 11 is 0. The van der Waals surface area contributed by atoms with E-state index in [9.17, 15) is 28.8 Å². The van der Waals surface area contributed by atoms with Gasteiger partial charge in [0.1, 0.15) is 0 Å². The molecule has 0 aromatic heterocycles. The van der Waals surface area contributed by atoms with Crippen LogP contribution in [0.3, 0.4) is 0 Å². The number of fused-ring (bicyclic) bond motifs is 6. The Morgan fingerprint density at radius 3 is 0.513 bits per heavy atom. The Morgan fingerprint density at radius 1 is 0.244 bits per heavy atom. The highest BCUT2D eigenvalue weighted by Crippen LogP contribution is 2.47. The van der Waals surface area contributed by atoms with Gasteiger partial charge in [-0.2, -0.15) is 0 Å². The van der Waals surface area contributed by atoms with E-state index in [2.05, 4.69) is 0 Å². The third kappa shape index (κ3) is 23.3. The van der Waals surface area contributed by atoms with E-state index in [1.165, 1.54) is 0 Å². The lowest BCUT2D eigenvalue weighted by Gasteiger charge is -2.19. The first-order valence-electron chi connectivity index (χ1n) is 28.2. The van der Waals surface area contributed by atoms with Gasteiger partial charge in [-0.15, -0.1) is 0 Å². The number of rotatable bonds is 42. The van der Waals surface area contributed by atoms with Crippen molar-refractivity contribution >= 4 is 68.1 Å². The number of esters is 6. The second-order valence-corrected chi connectivity index (χ2v) is 18.7. The Bertz CT molecular complexity index is 2030. The van der Waals surface area contributed by atoms with Gasteiger partial charge in [0.2, 0.25) is 0 Å². The Labute approximate surface area is 459 Å². The number of carbonyl (C=O) groups excluding carboxylic acids is 6. The van der Waals surface area contributed by atoms with Gasteiger partial charge in [-0.3, -0.25) is 28.8 Å². The maximum atomic E-state index is 13.6. The first kappa shape index (κ1) is 64.8. The molecule has 0 N–H and O–H groups in total. The van der Waals surface area contributed by atoms with Crippen LogP contribution >= 0.6 is 0 Å². The fourth-order valence-electron chi connectivity index (χ4n) is 7.93. The molecule has 0 atom stereocenters. The molecule has 4 rings (SSSR count). The normalized spacial score (nSPS) is 11.3. The van der Waals surface area contributed by atoms with E-state index < -0.39 is 35.8 Å². The molecule has 18 nitrogen and oxygen atoms in total. The molecule has 0 spiro atoms. The summed E-state index contributed by atoms with van der Waals surface area (Å²) < 4.78 is 69.7. The first-order valence-corrected chi connectivity index (χ1v) is 28.2. The van der Waals surface area contributed by atoms with Gasteiger partial charge >= 0.3 is 35.8 Å². The number of ether oxygens (including phenoxy) is 12. The molecule has 0 bridgehead atoms. The van der Waals surface area contributed by atoms with Crippen molar-refractivity contribution in [3.8, 4) is 34.5 Å². The third-order valence-corrected chi connectivity index (χ3v) is 11.6. The van der Waals surface area contributed by atoms with E-state index in [1.807, 2.05) is 41.5 Å². The van der Waals surface area contributed by atoms with Crippen molar-refractivity contribution in [3.63, 3.8) is 0 Å². The Kier molecular flexibility index (Phi) is 31.5. The maximum absolute atomic E-state index is 13.6. The van der Waals surface area contributed by atoms with Crippen molar-refractivity contribution in [1.82, 2.24) is 0 Å². The van der Waals surface area contributed by atoms with Gasteiger partial charge < -0.3 is 56.8 Å². The zero-order chi connectivity index (χ0) is 56.3. The minimum absolute atomic E-state index is 0.0157. The average Bonchev–Trinajstić information content (AvgIpc) is 3.58. The molecule has 0 radical (unpaired) electrons. The summed E-state index contributed by atoms with van der Waals surface area (Å²) in [5, 5.41) is 2.40. The van der Waals surface area contributed by atoms with Gasteiger partial charge in [0.15, 0.2) is 34.5 Å². The van der Waals surface area contributed by atoms with Crippen molar-refractivity contribution in [3.05, 3.63) is 36.4 Å². The average molecular weight is 1090 g/mol. The minimum Gasteiger partial charge on any atom is -0.422 e. The standard InChI is InChI=1S/C60H84O18/c1-7-25-67-31-13-19-55(61)73-49-37-43-44(38-50(49)74-56(62)20-14-32-68-26-8-2)46-40-52(76-58(64)22-16-34-70-28-10-4)54(78-60(66)24-18-36-72-30-12-6)42-48(46)47-41-53(77-59(65)23-17-35-71-29-11-5)51(39-45(43)47)75-57(63)21-15-33-69-27-9-3/h37-42H,7-36H2,1-6H3. The predicted molar refractivity (Wildman–Crippen MR) is 295 cm³/mol. The quantitative estimate of drug-likeness (QED) is 0.0175. The lowest BCUT2D eigenvalue weighted by molar-refractivity contribution is -0.137. The van der Waals surface area contributed by atoms with E-state index in [0.717, 1.165) is 38.5 Å². The van der Waals surface area contributed by atoms with Gasteiger partial charge in [0, 0.05) is 118 Å². The van der Waals surface area contributed by atoms with Crippen LogP contribution < -0.4 is 28.4 Å². The highest BCUT2D eigenvalue weighted by atomic mass is 16.6. The largest absolute Gasteiger partial charge is 0.422 e. The summed E-state index contributed by atoms with van der Waals surface area (Å²) in [6.07, 6.45) is 7.01. The Morgan fingerprint density at radius 2 is 0.385 bits per heavy atom. The molecule has 0 unspecified atom stereocenters. The summed E-state index contributed by atoms with van der Waals surface area (Å²) in [6, 6.07) is 9.28. The number of hydrogen-bond acceptors (Lipinski definition) is 18. The molecular formula is C60H84O18. The fourth-order valence-corrected chi connectivity index (χ4v) is 7.93. The van der Waals surface area contributed by atoms with Crippen LogP contribution in [-0.2, 0) is 57.2 Å². The highest BCUT2D eigenvalue weighted by Gasteiger charge is 2.25. The van der Waals surface area contributed by atoms with Crippen molar-refractivity contribution < 1.29 is 85.6 Å². The maximum Gasteiger partial charge on any atom is 0.311 e. The first-order chi connectivity index (χ1) is 38.0. The van der Waals surface area contributed by atoms with Crippen LogP contribution in [0.25, 0.3) is 32.3 Å². The summed E-state index contributed by atoms with van der Waals surface area (Å²) in [6.45, 7) is 17.1. The van der Waals surface area contributed by atoms with E-state index in [4.69, 9.17) is 56.8 Å². The Balaban J connectivity index is 2.05. The third-order valence-electron chi connectivity index (χ3n) is 11.6. The van der Waals surface area contributed by atoms with Gasteiger partial charge in [-0.05, 0) is 146 Å². The summed E-state index contributed by atoms with van der Waals surface area (Å²) in [5.41, 5.74) is 0. The monoisotopic (exact) mass is 1090 g/mol. The SMILES string of the molecule is CCCOCCCC(=O)Oc1cc2c3cc(OC(=O)CCCOCCC)c(OC(=O)CCCOCCC)cc3c3cc(OC(=O)CCCOCCC)c(OC(=O)CCCOCCC)cc3c2cc1OC(=O)CCCOCCC. The molecule has 0 aliphatic heterocycles. The molecule has 4 aromatic carbocycles. The zero-order valence-corrected chi connectivity index (χ0v) is 47.0. The molecule has 0 heterocycles. The summed E-state index contributed by atoms with van der Waals surface area (Å²) in [4.78, 5) is 81.7. The summed E-state index contributed by atoms with van der Waals surface area (Å²) in [5.74, 6) is -4.23. The predicted octanol–water partition coefficient (Wildman–Crippen LogP) is 11.8.